The highest BCUT2D eigenvalue weighted by atomic mass is 16.2. The van der Waals surface area contributed by atoms with Crippen molar-refractivity contribution < 1.29 is 4.79 Å². The Labute approximate surface area is 64.2 Å². The Balaban J connectivity index is 2.69. The molecule has 0 aliphatic heterocycles. The molecule has 0 unspecified atom stereocenters. The minimum absolute atomic E-state index is 0.198. The topological polar surface area (TPSA) is 70.7 Å². The molecular formula is C6H10N4O. The molecule has 0 spiro atoms. The number of carbonyl (C=O) groups is 1. The van der Waals surface area contributed by atoms with Crippen LogP contribution in [0.3, 0.4) is 0 Å². The predicted octanol–water partition coefficient (Wildman–Crippen LogP) is -0.137. The van der Waals surface area contributed by atoms with Gasteiger partial charge in [0.2, 0.25) is 5.82 Å². The summed E-state index contributed by atoms with van der Waals surface area (Å²) >= 11 is 0. The van der Waals surface area contributed by atoms with Gasteiger partial charge < -0.3 is 5.32 Å². The van der Waals surface area contributed by atoms with E-state index in [1.165, 1.54) is 0 Å². The first-order chi connectivity index (χ1) is 5.24. The Morgan fingerprint density at radius 3 is 2.91 bits per heavy atom. The lowest BCUT2D eigenvalue weighted by molar-refractivity contribution is 0.0946. The highest BCUT2D eigenvalue weighted by Gasteiger charge is 2.08. The Hall–Kier alpha value is -1.39. The molecule has 0 bridgehead atoms. The van der Waals surface area contributed by atoms with E-state index >= 15 is 0 Å². The Bertz CT molecular complexity index is 255. The molecule has 2 N–H and O–H groups in total. The second-order valence-electron chi connectivity index (χ2n) is 2.10. The van der Waals surface area contributed by atoms with Gasteiger partial charge in [-0.15, -0.1) is 5.10 Å². The highest BCUT2D eigenvalue weighted by Crippen LogP contribution is 1.88. The van der Waals surface area contributed by atoms with Crippen molar-refractivity contribution >= 4 is 5.91 Å². The van der Waals surface area contributed by atoms with Crippen molar-refractivity contribution in [3.8, 4) is 0 Å². The summed E-state index contributed by atoms with van der Waals surface area (Å²) in [6, 6.07) is 0. The first kappa shape index (κ1) is 7.71. The molecule has 0 aliphatic rings. The fraction of sp³-hybridized carbons (Fsp3) is 0.500. The van der Waals surface area contributed by atoms with Gasteiger partial charge in [-0.2, -0.15) is 0 Å². The Morgan fingerprint density at radius 1 is 1.73 bits per heavy atom. The number of hydrogen-bond acceptors (Lipinski definition) is 3. The molecule has 5 heteroatoms. The monoisotopic (exact) mass is 154 g/mol. The van der Waals surface area contributed by atoms with Gasteiger partial charge in [0.05, 0.1) is 0 Å². The maximum Gasteiger partial charge on any atom is 0.290 e. The summed E-state index contributed by atoms with van der Waals surface area (Å²) in [7, 11) is 0. The van der Waals surface area contributed by atoms with Crippen molar-refractivity contribution in [3.63, 3.8) is 0 Å². The standard InChI is InChI=1S/C6H10N4O/c1-3-7-6(11)5-8-4(2)9-10-5/h3H2,1-2H3,(H,7,11)(H,8,9,10). The third-order valence-corrected chi connectivity index (χ3v) is 1.14. The lowest BCUT2D eigenvalue weighted by atomic mass is 10.5. The van der Waals surface area contributed by atoms with Crippen LogP contribution in [0.25, 0.3) is 0 Å². The van der Waals surface area contributed by atoms with E-state index in [1.807, 2.05) is 6.92 Å². The first-order valence-corrected chi connectivity index (χ1v) is 3.41. The average molecular weight is 154 g/mol. The van der Waals surface area contributed by atoms with Crippen LogP contribution in [0.15, 0.2) is 0 Å². The molecule has 0 radical (unpaired) electrons. The van der Waals surface area contributed by atoms with Crippen molar-refractivity contribution in [2.24, 2.45) is 0 Å². The maximum atomic E-state index is 11.0. The second kappa shape index (κ2) is 3.14. The number of nitrogens with zero attached hydrogens (tertiary/aromatic N) is 2. The molecule has 0 fully saturated rings. The van der Waals surface area contributed by atoms with E-state index in [9.17, 15) is 4.79 Å². The van der Waals surface area contributed by atoms with Gasteiger partial charge in [-0.3, -0.25) is 9.89 Å². The number of hydrogen-bond donors (Lipinski definition) is 2. The van der Waals surface area contributed by atoms with Crippen molar-refractivity contribution in [1.82, 2.24) is 20.5 Å². The minimum Gasteiger partial charge on any atom is -0.350 e. The normalized spacial score (nSPS) is 9.64. The van der Waals surface area contributed by atoms with Crippen LogP contribution >= 0.6 is 0 Å². The van der Waals surface area contributed by atoms with Crippen LogP contribution in [-0.2, 0) is 0 Å². The summed E-state index contributed by atoms with van der Waals surface area (Å²) in [5.74, 6) is 0.604. The van der Waals surface area contributed by atoms with Crippen molar-refractivity contribution in [1.29, 1.82) is 0 Å². The predicted molar refractivity (Wildman–Crippen MR) is 39.1 cm³/mol. The minimum atomic E-state index is -0.239. The Kier molecular flexibility index (Phi) is 2.20. The fourth-order valence-electron chi connectivity index (χ4n) is 0.684. The lowest BCUT2D eigenvalue weighted by Crippen LogP contribution is -2.23. The van der Waals surface area contributed by atoms with E-state index in [2.05, 4.69) is 20.5 Å². The summed E-state index contributed by atoms with van der Waals surface area (Å²) < 4.78 is 0. The van der Waals surface area contributed by atoms with Crippen LogP contribution in [-0.4, -0.2) is 27.6 Å². The number of nitrogens with one attached hydrogen (secondary N) is 2. The van der Waals surface area contributed by atoms with Crippen molar-refractivity contribution in [2.75, 3.05) is 6.54 Å². The number of carbonyl (C=O) groups excluding carboxylic acids is 1. The first-order valence-electron chi connectivity index (χ1n) is 3.41. The number of aromatic amines is 1. The van der Waals surface area contributed by atoms with Crippen LogP contribution in [0.5, 0.6) is 0 Å². The van der Waals surface area contributed by atoms with E-state index in [0.29, 0.717) is 12.4 Å². The molecule has 0 saturated heterocycles. The smallest absolute Gasteiger partial charge is 0.290 e. The van der Waals surface area contributed by atoms with Gasteiger partial charge in [-0.1, -0.05) is 0 Å². The van der Waals surface area contributed by atoms with Gasteiger partial charge in [-0.05, 0) is 13.8 Å². The van der Waals surface area contributed by atoms with Gasteiger partial charge in [0, 0.05) is 6.54 Å². The molecule has 5 nitrogen and oxygen atoms in total. The van der Waals surface area contributed by atoms with E-state index in [-0.39, 0.29) is 11.7 Å². The zero-order valence-electron chi connectivity index (χ0n) is 6.51. The van der Waals surface area contributed by atoms with Gasteiger partial charge in [-0.25, -0.2) is 4.98 Å². The largest absolute Gasteiger partial charge is 0.350 e. The number of rotatable bonds is 2. The summed E-state index contributed by atoms with van der Waals surface area (Å²) in [6.07, 6.45) is 0. The van der Waals surface area contributed by atoms with Gasteiger partial charge in [0.15, 0.2) is 0 Å². The fourth-order valence-corrected chi connectivity index (χ4v) is 0.684. The average Bonchev–Trinajstić information content (AvgIpc) is 2.36. The molecule has 0 aliphatic carbocycles. The van der Waals surface area contributed by atoms with E-state index in [1.54, 1.807) is 6.92 Å². The molecule has 1 aromatic rings. The lowest BCUT2D eigenvalue weighted by Gasteiger charge is -1.93. The third-order valence-electron chi connectivity index (χ3n) is 1.14. The summed E-state index contributed by atoms with van der Waals surface area (Å²) in [6.45, 7) is 4.18. The van der Waals surface area contributed by atoms with E-state index in [0.717, 1.165) is 0 Å². The van der Waals surface area contributed by atoms with Crippen LogP contribution in [0.2, 0.25) is 0 Å². The number of amides is 1. The van der Waals surface area contributed by atoms with Crippen LogP contribution in [0.1, 0.15) is 23.4 Å². The van der Waals surface area contributed by atoms with Gasteiger partial charge in [0.25, 0.3) is 5.91 Å². The van der Waals surface area contributed by atoms with Crippen LogP contribution in [0, 0.1) is 6.92 Å². The molecule has 0 saturated carbocycles. The van der Waals surface area contributed by atoms with Crippen LogP contribution in [0.4, 0.5) is 0 Å². The zero-order chi connectivity index (χ0) is 8.27. The van der Waals surface area contributed by atoms with E-state index < -0.39 is 0 Å². The molecule has 1 aromatic heterocycles. The highest BCUT2D eigenvalue weighted by molar-refractivity contribution is 5.90. The zero-order valence-corrected chi connectivity index (χ0v) is 6.51. The van der Waals surface area contributed by atoms with E-state index in [4.69, 9.17) is 0 Å². The van der Waals surface area contributed by atoms with Crippen molar-refractivity contribution in [2.45, 2.75) is 13.8 Å². The number of aryl methyl sites for hydroxylation is 1. The van der Waals surface area contributed by atoms with Gasteiger partial charge >= 0.3 is 0 Å². The summed E-state index contributed by atoms with van der Waals surface area (Å²) in [5, 5.41) is 8.86. The number of aromatic nitrogens is 3. The molecule has 1 amide bonds. The molecule has 0 atom stereocenters. The SMILES string of the molecule is CCNC(=O)c1n[nH]c(C)n1. The molecular weight excluding hydrogens is 144 g/mol. The molecule has 1 heterocycles. The maximum absolute atomic E-state index is 11.0. The van der Waals surface area contributed by atoms with Crippen molar-refractivity contribution in [3.05, 3.63) is 11.6 Å². The van der Waals surface area contributed by atoms with Gasteiger partial charge in [0.1, 0.15) is 5.82 Å². The quantitative estimate of drug-likeness (QED) is 0.623. The summed E-state index contributed by atoms with van der Waals surface area (Å²) in [4.78, 5) is 14.9. The summed E-state index contributed by atoms with van der Waals surface area (Å²) in [5.41, 5.74) is 0. The molecule has 60 valence electrons. The molecule has 1 rings (SSSR count). The number of H-pyrrole nitrogens is 1. The molecule has 11 heavy (non-hydrogen) atoms. The second-order valence-corrected chi connectivity index (χ2v) is 2.10. The third kappa shape index (κ3) is 1.76. The van der Waals surface area contributed by atoms with Crippen LogP contribution < -0.4 is 5.32 Å². The Morgan fingerprint density at radius 2 is 2.45 bits per heavy atom. The molecule has 0 aromatic carbocycles.